The molecule has 0 spiro atoms. The summed E-state index contributed by atoms with van der Waals surface area (Å²) in [5.74, 6) is 0.259. The SMILES string of the molecule is CN(C)c1ccc(CNCCCC(=O)N2CCN(C(c3ccccc3)c3ccc(Cl)cc3)CC2)cc1. The Hall–Kier alpha value is -2.86. The van der Waals surface area contributed by atoms with E-state index in [0.717, 1.165) is 50.7 Å². The van der Waals surface area contributed by atoms with Crippen LogP contribution in [0.15, 0.2) is 78.9 Å². The Morgan fingerprint density at radius 2 is 1.53 bits per heavy atom. The van der Waals surface area contributed by atoms with Crippen LogP contribution in [0.5, 0.6) is 0 Å². The summed E-state index contributed by atoms with van der Waals surface area (Å²) >= 11 is 6.15. The Labute approximate surface area is 220 Å². The molecule has 1 heterocycles. The van der Waals surface area contributed by atoms with Gasteiger partial charge in [-0.15, -0.1) is 0 Å². The number of halogens is 1. The van der Waals surface area contributed by atoms with Gasteiger partial charge in [-0.05, 0) is 53.9 Å². The summed E-state index contributed by atoms with van der Waals surface area (Å²) in [7, 11) is 4.09. The number of anilines is 1. The number of rotatable bonds is 10. The summed E-state index contributed by atoms with van der Waals surface area (Å²) in [5.41, 5.74) is 4.96. The van der Waals surface area contributed by atoms with Gasteiger partial charge in [0.05, 0.1) is 6.04 Å². The second-order valence-corrected chi connectivity index (χ2v) is 10.1. The van der Waals surface area contributed by atoms with Gasteiger partial charge in [-0.2, -0.15) is 0 Å². The molecule has 1 saturated heterocycles. The monoisotopic (exact) mass is 504 g/mol. The predicted octanol–water partition coefficient (Wildman–Crippen LogP) is 5.21. The molecule has 190 valence electrons. The van der Waals surface area contributed by atoms with E-state index < -0.39 is 0 Å². The lowest BCUT2D eigenvalue weighted by Gasteiger charge is -2.40. The van der Waals surface area contributed by atoms with Gasteiger partial charge in [-0.3, -0.25) is 9.69 Å². The van der Waals surface area contributed by atoms with Crippen LogP contribution in [0.3, 0.4) is 0 Å². The Morgan fingerprint density at radius 1 is 0.889 bits per heavy atom. The van der Waals surface area contributed by atoms with E-state index in [1.54, 1.807) is 0 Å². The quantitative estimate of drug-likeness (QED) is 0.385. The van der Waals surface area contributed by atoms with E-state index in [2.05, 4.69) is 81.8 Å². The maximum absolute atomic E-state index is 12.8. The zero-order valence-electron chi connectivity index (χ0n) is 21.4. The van der Waals surface area contributed by atoms with E-state index in [-0.39, 0.29) is 11.9 Å². The normalized spacial score (nSPS) is 15.0. The molecule has 1 aliphatic heterocycles. The molecule has 0 aromatic heterocycles. The van der Waals surface area contributed by atoms with E-state index in [0.29, 0.717) is 6.42 Å². The van der Waals surface area contributed by atoms with Crippen molar-refractivity contribution in [2.24, 2.45) is 0 Å². The van der Waals surface area contributed by atoms with Gasteiger partial charge in [-0.25, -0.2) is 0 Å². The summed E-state index contributed by atoms with van der Waals surface area (Å²) < 4.78 is 0. The standard InChI is InChI=1S/C30H37ClN4O/c1-33(2)28-16-10-24(11-17-28)23-32-18-6-9-29(36)34-19-21-35(22-20-34)30(25-7-4-3-5-8-25)26-12-14-27(31)15-13-26/h3-5,7-8,10-17,30,32H,6,9,18-23H2,1-2H3. The molecule has 0 bridgehead atoms. The first-order valence-electron chi connectivity index (χ1n) is 12.8. The van der Waals surface area contributed by atoms with Gasteiger partial charge >= 0.3 is 0 Å². The van der Waals surface area contributed by atoms with Crippen molar-refractivity contribution in [1.82, 2.24) is 15.1 Å². The molecule has 3 aromatic rings. The summed E-state index contributed by atoms with van der Waals surface area (Å²) in [6.07, 6.45) is 1.44. The van der Waals surface area contributed by atoms with Gasteiger partial charge in [0.15, 0.2) is 0 Å². The van der Waals surface area contributed by atoms with Crippen LogP contribution in [0.1, 0.15) is 35.6 Å². The van der Waals surface area contributed by atoms with Gasteiger partial charge in [0.25, 0.3) is 0 Å². The zero-order valence-corrected chi connectivity index (χ0v) is 22.1. The Balaban J connectivity index is 1.23. The average molecular weight is 505 g/mol. The minimum absolute atomic E-state index is 0.164. The van der Waals surface area contributed by atoms with Gasteiger partial charge in [0.2, 0.25) is 5.91 Å². The lowest BCUT2D eigenvalue weighted by Crippen LogP contribution is -2.49. The lowest BCUT2D eigenvalue weighted by molar-refractivity contribution is -0.133. The first kappa shape index (κ1) is 26.2. The first-order chi connectivity index (χ1) is 17.5. The van der Waals surface area contributed by atoms with Gasteiger partial charge in [-0.1, -0.05) is 66.2 Å². The summed E-state index contributed by atoms with van der Waals surface area (Å²) in [6, 6.07) is 27.5. The third-order valence-corrected chi connectivity index (χ3v) is 7.11. The van der Waals surface area contributed by atoms with Gasteiger partial charge in [0.1, 0.15) is 0 Å². The summed E-state index contributed by atoms with van der Waals surface area (Å²) in [4.78, 5) is 19.5. The molecule has 0 radical (unpaired) electrons. The molecule has 36 heavy (non-hydrogen) atoms. The molecule has 1 N–H and O–H groups in total. The minimum atomic E-state index is 0.164. The van der Waals surface area contributed by atoms with Crippen molar-refractivity contribution in [3.8, 4) is 0 Å². The van der Waals surface area contributed by atoms with Crippen LogP contribution in [-0.4, -0.2) is 62.5 Å². The number of piperazine rings is 1. The predicted molar refractivity (Wildman–Crippen MR) is 150 cm³/mol. The van der Waals surface area contributed by atoms with Crippen LogP contribution in [0, 0.1) is 0 Å². The summed E-state index contributed by atoms with van der Waals surface area (Å²) in [6.45, 7) is 4.91. The molecule has 1 unspecified atom stereocenters. The van der Waals surface area contributed by atoms with Gasteiger partial charge in [0, 0.05) is 63.9 Å². The zero-order chi connectivity index (χ0) is 25.3. The van der Waals surface area contributed by atoms with Crippen molar-refractivity contribution in [2.75, 3.05) is 51.7 Å². The van der Waals surface area contributed by atoms with E-state index in [9.17, 15) is 4.79 Å². The number of nitrogens with one attached hydrogen (secondary N) is 1. The highest BCUT2D eigenvalue weighted by Crippen LogP contribution is 2.30. The Morgan fingerprint density at radius 3 is 2.17 bits per heavy atom. The molecule has 3 aromatic carbocycles. The third kappa shape index (κ3) is 7.10. The van der Waals surface area contributed by atoms with Crippen molar-refractivity contribution >= 4 is 23.2 Å². The van der Waals surface area contributed by atoms with Crippen LogP contribution >= 0.6 is 11.6 Å². The first-order valence-corrected chi connectivity index (χ1v) is 13.2. The maximum Gasteiger partial charge on any atom is 0.222 e. The lowest BCUT2D eigenvalue weighted by atomic mass is 9.96. The number of hydrogen-bond donors (Lipinski definition) is 1. The molecule has 0 saturated carbocycles. The van der Waals surface area contributed by atoms with Crippen LogP contribution in [-0.2, 0) is 11.3 Å². The maximum atomic E-state index is 12.8. The molecular formula is C30H37ClN4O. The minimum Gasteiger partial charge on any atom is -0.378 e. The highest BCUT2D eigenvalue weighted by Gasteiger charge is 2.28. The number of amides is 1. The Bertz CT molecular complexity index is 1080. The summed E-state index contributed by atoms with van der Waals surface area (Å²) in [5, 5.41) is 4.22. The number of hydrogen-bond acceptors (Lipinski definition) is 4. The highest BCUT2D eigenvalue weighted by molar-refractivity contribution is 6.30. The van der Waals surface area contributed by atoms with E-state index in [1.807, 2.05) is 31.1 Å². The van der Waals surface area contributed by atoms with Crippen molar-refractivity contribution < 1.29 is 4.79 Å². The van der Waals surface area contributed by atoms with E-state index in [4.69, 9.17) is 11.6 Å². The fourth-order valence-corrected chi connectivity index (χ4v) is 4.92. The van der Waals surface area contributed by atoms with Crippen LogP contribution in [0.25, 0.3) is 0 Å². The molecule has 1 amide bonds. The topological polar surface area (TPSA) is 38.8 Å². The van der Waals surface area contributed by atoms with Crippen LogP contribution in [0.2, 0.25) is 5.02 Å². The van der Waals surface area contributed by atoms with Crippen molar-refractivity contribution in [1.29, 1.82) is 0 Å². The second-order valence-electron chi connectivity index (χ2n) is 9.62. The highest BCUT2D eigenvalue weighted by atomic mass is 35.5. The number of carbonyl (C=O) groups is 1. The molecule has 0 aliphatic carbocycles. The fraction of sp³-hybridized carbons (Fsp3) is 0.367. The molecule has 4 rings (SSSR count). The van der Waals surface area contributed by atoms with E-state index >= 15 is 0 Å². The number of benzene rings is 3. The number of carbonyl (C=O) groups excluding carboxylic acids is 1. The van der Waals surface area contributed by atoms with E-state index in [1.165, 1.54) is 22.4 Å². The largest absolute Gasteiger partial charge is 0.378 e. The second kappa shape index (κ2) is 12.9. The molecular weight excluding hydrogens is 468 g/mol. The molecule has 5 nitrogen and oxygen atoms in total. The van der Waals surface area contributed by atoms with Crippen molar-refractivity contribution in [3.05, 3.63) is 101 Å². The van der Waals surface area contributed by atoms with Crippen molar-refractivity contribution in [3.63, 3.8) is 0 Å². The third-order valence-electron chi connectivity index (χ3n) is 6.86. The molecule has 1 atom stereocenters. The van der Waals surface area contributed by atoms with Crippen molar-refractivity contribution in [2.45, 2.75) is 25.4 Å². The molecule has 1 fully saturated rings. The Kier molecular flexibility index (Phi) is 9.40. The average Bonchev–Trinajstić information content (AvgIpc) is 2.91. The van der Waals surface area contributed by atoms with Crippen LogP contribution in [0.4, 0.5) is 5.69 Å². The smallest absolute Gasteiger partial charge is 0.222 e. The van der Waals surface area contributed by atoms with Crippen LogP contribution < -0.4 is 10.2 Å². The number of nitrogens with zero attached hydrogens (tertiary/aromatic N) is 3. The molecule has 6 heteroatoms. The molecule has 1 aliphatic rings. The fourth-order valence-electron chi connectivity index (χ4n) is 4.79. The van der Waals surface area contributed by atoms with Gasteiger partial charge < -0.3 is 15.1 Å².